The fourth-order valence-electron chi connectivity index (χ4n) is 2.38. The van der Waals surface area contributed by atoms with Gasteiger partial charge < -0.3 is 14.9 Å². The molecule has 0 radical (unpaired) electrons. The van der Waals surface area contributed by atoms with Gasteiger partial charge in [-0.15, -0.1) is 0 Å². The summed E-state index contributed by atoms with van der Waals surface area (Å²) in [7, 11) is 4.06. The van der Waals surface area contributed by atoms with E-state index in [4.69, 9.17) is 0 Å². The van der Waals surface area contributed by atoms with Crippen molar-refractivity contribution in [2.45, 2.75) is 6.42 Å². The standard InChI is InChI=1S/C14H20N2O2/c1-15(2)7-8-16-10-12(14(17)18)9-11-5-3-4-6-13(11)16/h3-6,12H,7-10H2,1-2H3,(H,17,18). The van der Waals surface area contributed by atoms with Gasteiger partial charge in [0.2, 0.25) is 0 Å². The lowest BCUT2D eigenvalue weighted by molar-refractivity contribution is -0.141. The summed E-state index contributed by atoms with van der Waals surface area (Å²) in [5.74, 6) is -0.985. The number of hydrogen-bond acceptors (Lipinski definition) is 3. The van der Waals surface area contributed by atoms with Crippen LogP contribution < -0.4 is 4.90 Å². The average Bonchev–Trinajstić information content (AvgIpc) is 2.35. The van der Waals surface area contributed by atoms with Crippen LogP contribution in [0.2, 0.25) is 0 Å². The van der Waals surface area contributed by atoms with Crippen LogP contribution in [-0.2, 0) is 11.2 Å². The van der Waals surface area contributed by atoms with Gasteiger partial charge in [-0.05, 0) is 32.1 Å². The molecule has 0 aromatic heterocycles. The van der Waals surface area contributed by atoms with Crippen molar-refractivity contribution in [3.05, 3.63) is 29.8 Å². The van der Waals surface area contributed by atoms with Crippen LogP contribution in [0.1, 0.15) is 5.56 Å². The Kier molecular flexibility index (Phi) is 3.87. The van der Waals surface area contributed by atoms with Crippen molar-refractivity contribution in [2.24, 2.45) is 5.92 Å². The third-order valence-electron chi connectivity index (χ3n) is 3.41. The number of hydrogen-bond donors (Lipinski definition) is 1. The Morgan fingerprint density at radius 1 is 1.44 bits per heavy atom. The van der Waals surface area contributed by atoms with Gasteiger partial charge in [0.15, 0.2) is 0 Å². The van der Waals surface area contributed by atoms with Crippen LogP contribution in [0.15, 0.2) is 24.3 Å². The fourth-order valence-corrected chi connectivity index (χ4v) is 2.38. The van der Waals surface area contributed by atoms with E-state index in [-0.39, 0.29) is 5.92 Å². The number of anilines is 1. The first-order chi connectivity index (χ1) is 8.58. The number of carbonyl (C=O) groups is 1. The van der Waals surface area contributed by atoms with Crippen molar-refractivity contribution in [3.8, 4) is 0 Å². The second kappa shape index (κ2) is 5.40. The van der Waals surface area contributed by atoms with E-state index in [2.05, 4.69) is 15.9 Å². The molecular formula is C14H20N2O2. The van der Waals surface area contributed by atoms with Crippen molar-refractivity contribution in [1.82, 2.24) is 4.90 Å². The van der Waals surface area contributed by atoms with Gasteiger partial charge in [-0.25, -0.2) is 0 Å². The quantitative estimate of drug-likeness (QED) is 0.872. The Morgan fingerprint density at radius 2 is 2.17 bits per heavy atom. The number of likely N-dealkylation sites (N-methyl/N-ethyl adjacent to an activating group) is 1. The molecule has 1 atom stereocenters. The molecule has 4 heteroatoms. The summed E-state index contributed by atoms with van der Waals surface area (Å²) in [6, 6.07) is 8.12. The zero-order valence-electron chi connectivity index (χ0n) is 11.0. The predicted molar refractivity (Wildman–Crippen MR) is 72.0 cm³/mol. The normalized spacial score (nSPS) is 18.8. The molecular weight excluding hydrogens is 228 g/mol. The van der Waals surface area contributed by atoms with E-state index in [1.54, 1.807) is 0 Å². The van der Waals surface area contributed by atoms with E-state index in [9.17, 15) is 9.90 Å². The number of carboxylic acid groups (broad SMARTS) is 1. The Labute approximate surface area is 108 Å². The number of rotatable bonds is 4. The molecule has 0 saturated heterocycles. The van der Waals surface area contributed by atoms with Gasteiger partial charge in [0.05, 0.1) is 5.92 Å². The van der Waals surface area contributed by atoms with Crippen LogP contribution in [0.5, 0.6) is 0 Å². The van der Waals surface area contributed by atoms with Crippen molar-refractivity contribution in [1.29, 1.82) is 0 Å². The summed E-state index contributed by atoms with van der Waals surface area (Å²) in [5.41, 5.74) is 2.34. The Hall–Kier alpha value is -1.55. The molecule has 1 N–H and O–H groups in total. The SMILES string of the molecule is CN(C)CCN1CC(C(=O)O)Cc2ccccc21. The largest absolute Gasteiger partial charge is 0.481 e. The van der Waals surface area contributed by atoms with Gasteiger partial charge >= 0.3 is 5.97 Å². The minimum atomic E-state index is -0.695. The molecule has 1 heterocycles. The van der Waals surface area contributed by atoms with E-state index in [1.807, 2.05) is 32.3 Å². The predicted octanol–water partition coefficient (Wildman–Crippen LogP) is 1.31. The van der Waals surface area contributed by atoms with Gasteiger partial charge in [-0.1, -0.05) is 18.2 Å². The van der Waals surface area contributed by atoms with E-state index in [0.717, 1.165) is 18.7 Å². The minimum absolute atomic E-state index is 0.290. The van der Waals surface area contributed by atoms with Gasteiger partial charge in [-0.2, -0.15) is 0 Å². The smallest absolute Gasteiger partial charge is 0.308 e. The summed E-state index contributed by atoms with van der Waals surface area (Å²) in [4.78, 5) is 15.5. The summed E-state index contributed by atoms with van der Waals surface area (Å²) >= 11 is 0. The van der Waals surface area contributed by atoms with Crippen molar-refractivity contribution >= 4 is 11.7 Å². The molecule has 0 amide bonds. The molecule has 0 fully saturated rings. The van der Waals surface area contributed by atoms with E-state index in [0.29, 0.717) is 13.0 Å². The lowest BCUT2D eigenvalue weighted by Gasteiger charge is -2.35. The van der Waals surface area contributed by atoms with Gasteiger partial charge in [0, 0.05) is 25.3 Å². The highest BCUT2D eigenvalue weighted by molar-refractivity contribution is 5.73. The highest BCUT2D eigenvalue weighted by Gasteiger charge is 2.28. The Balaban J connectivity index is 2.19. The molecule has 1 unspecified atom stereocenters. The molecule has 18 heavy (non-hydrogen) atoms. The third kappa shape index (κ3) is 2.82. The monoisotopic (exact) mass is 248 g/mol. The lowest BCUT2D eigenvalue weighted by atomic mass is 9.92. The zero-order valence-corrected chi connectivity index (χ0v) is 11.0. The molecule has 1 aliphatic heterocycles. The number of benzene rings is 1. The molecule has 1 aromatic carbocycles. The van der Waals surface area contributed by atoms with Gasteiger partial charge in [0.1, 0.15) is 0 Å². The van der Waals surface area contributed by atoms with Gasteiger partial charge in [-0.3, -0.25) is 4.79 Å². The number of aliphatic carboxylic acids is 1. The second-order valence-corrected chi connectivity index (χ2v) is 5.12. The first-order valence-electron chi connectivity index (χ1n) is 6.28. The summed E-state index contributed by atoms with van der Waals surface area (Å²) in [6.07, 6.45) is 0.643. The van der Waals surface area contributed by atoms with Crippen LogP contribution >= 0.6 is 0 Å². The minimum Gasteiger partial charge on any atom is -0.481 e. The number of para-hydroxylation sites is 1. The molecule has 0 spiro atoms. The zero-order chi connectivity index (χ0) is 13.1. The summed E-state index contributed by atoms with van der Waals surface area (Å²) < 4.78 is 0. The van der Waals surface area contributed by atoms with Crippen LogP contribution in [0.25, 0.3) is 0 Å². The Bertz CT molecular complexity index is 432. The number of carboxylic acids is 1. The van der Waals surface area contributed by atoms with E-state index < -0.39 is 5.97 Å². The van der Waals surface area contributed by atoms with Crippen LogP contribution in [-0.4, -0.2) is 49.7 Å². The fraction of sp³-hybridized carbons (Fsp3) is 0.500. The summed E-state index contributed by atoms with van der Waals surface area (Å²) in [6.45, 7) is 2.41. The van der Waals surface area contributed by atoms with Crippen LogP contribution in [0, 0.1) is 5.92 Å². The maximum absolute atomic E-state index is 11.2. The lowest BCUT2D eigenvalue weighted by Crippen LogP contribution is -2.41. The van der Waals surface area contributed by atoms with Crippen molar-refractivity contribution < 1.29 is 9.90 Å². The maximum Gasteiger partial charge on any atom is 0.308 e. The van der Waals surface area contributed by atoms with Crippen LogP contribution in [0.4, 0.5) is 5.69 Å². The van der Waals surface area contributed by atoms with E-state index >= 15 is 0 Å². The third-order valence-corrected chi connectivity index (χ3v) is 3.41. The molecule has 1 aromatic rings. The highest BCUT2D eigenvalue weighted by atomic mass is 16.4. The second-order valence-electron chi connectivity index (χ2n) is 5.12. The average molecular weight is 248 g/mol. The first-order valence-corrected chi connectivity index (χ1v) is 6.28. The molecule has 2 rings (SSSR count). The number of nitrogens with zero attached hydrogens (tertiary/aromatic N) is 2. The summed E-state index contributed by atoms with van der Waals surface area (Å²) in [5, 5.41) is 9.22. The maximum atomic E-state index is 11.2. The topological polar surface area (TPSA) is 43.8 Å². The van der Waals surface area contributed by atoms with Crippen molar-refractivity contribution in [3.63, 3.8) is 0 Å². The highest BCUT2D eigenvalue weighted by Crippen LogP contribution is 2.29. The molecule has 98 valence electrons. The molecule has 0 aliphatic carbocycles. The van der Waals surface area contributed by atoms with E-state index in [1.165, 1.54) is 5.69 Å². The number of fused-ring (bicyclic) bond motifs is 1. The van der Waals surface area contributed by atoms with Crippen LogP contribution in [0.3, 0.4) is 0 Å². The molecule has 0 bridgehead atoms. The van der Waals surface area contributed by atoms with Crippen molar-refractivity contribution in [2.75, 3.05) is 38.6 Å². The molecule has 1 aliphatic rings. The van der Waals surface area contributed by atoms with Gasteiger partial charge in [0.25, 0.3) is 0 Å². The molecule has 4 nitrogen and oxygen atoms in total. The Morgan fingerprint density at radius 3 is 2.83 bits per heavy atom. The first kappa shape index (κ1) is 12.9. The molecule has 0 saturated carbocycles.